The molecule has 0 aliphatic carbocycles. The number of amides is 2. The number of thiazole rings is 1. The Morgan fingerprint density at radius 2 is 1.74 bits per heavy atom. The lowest BCUT2D eigenvalue weighted by Crippen LogP contribution is -2.22. The van der Waals surface area contributed by atoms with Crippen molar-refractivity contribution in [3.63, 3.8) is 0 Å². The second-order valence-electron chi connectivity index (χ2n) is 5.78. The molecule has 0 saturated heterocycles. The third-order valence-corrected chi connectivity index (χ3v) is 4.59. The minimum atomic E-state index is -0.195. The summed E-state index contributed by atoms with van der Waals surface area (Å²) in [7, 11) is 0. The molecule has 2 amide bonds. The molecule has 0 saturated carbocycles. The van der Waals surface area contributed by atoms with E-state index in [-0.39, 0.29) is 11.8 Å². The van der Waals surface area contributed by atoms with E-state index in [2.05, 4.69) is 10.3 Å². The molecule has 0 unspecified atom stereocenters. The molecule has 3 aromatic rings. The van der Waals surface area contributed by atoms with Gasteiger partial charge in [-0.15, -0.1) is 11.3 Å². The maximum absolute atomic E-state index is 12.1. The largest absolute Gasteiger partial charge is 0.348 e. The summed E-state index contributed by atoms with van der Waals surface area (Å²) in [4.78, 5) is 30.0. The Labute approximate surface area is 162 Å². The second kappa shape index (κ2) is 8.91. The van der Waals surface area contributed by atoms with Gasteiger partial charge in [0.1, 0.15) is 0 Å². The number of anilines is 2. The molecule has 6 heteroatoms. The van der Waals surface area contributed by atoms with Crippen LogP contribution in [-0.4, -0.2) is 16.8 Å². The van der Waals surface area contributed by atoms with Gasteiger partial charge in [0, 0.05) is 24.9 Å². The number of hydrogen-bond acceptors (Lipinski definition) is 4. The number of rotatable bonds is 6. The molecule has 136 valence electrons. The van der Waals surface area contributed by atoms with Crippen molar-refractivity contribution in [1.82, 2.24) is 10.3 Å². The first-order chi connectivity index (χ1) is 13.1. The summed E-state index contributed by atoms with van der Waals surface area (Å²) in [5.74, 6) is -0.313. The first-order valence-electron chi connectivity index (χ1n) is 8.44. The molecule has 5 nitrogen and oxygen atoms in total. The van der Waals surface area contributed by atoms with Gasteiger partial charge in [-0.25, -0.2) is 4.98 Å². The van der Waals surface area contributed by atoms with Crippen molar-refractivity contribution in [2.45, 2.75) is 13.5 Å². The minimum absolute atomic E-state index is 0.119. The number of para-hydroxylation sites is 1. The number of carbonyl (C=O) groups excluding carboxylic acids is 2. The third-order valence-electron chi connectivity index (χ3n) is 3.75. The van der Waals surface area contributed by atoms with Crippen LogP contribution in [0.4, 0.5) is 10.8 Å². The number of hydrogen-bond donors (Lipinski definition) is 1. The summed E-state index contributed by atoms with van der Waals surface area (Å²) in [6, 6.07) is 19.1. The van der Waals surface area contributed by atoms with Crippen LogP contribution in [0, 0.1) is 0 Å². The van der Waals surface area contributed by atoms with Gasteiger partial charge >= 0.3 is 0 Å². The van der Waals surface area contributed by atoms with E-state index in [1.54, 1.807) is 11.0 Å². The van der Waals surface area contributed by atoms with E-state index < -0.39 is 0 Å². The molecule has 0 aliphatic heterocycles. The van der Waals surface area contributed by atoms with E-state index in [0.29, 0.717) is 17.4 Å². The standard InChI is InChI=1S/C21H19N3O2S/c1-16(25)24(19-10-6-3-7-11-19)21-23-18(15-27-21)12-13-20(26)22-14-17-8-4-2-5-9-17/h2-13,15H,14H2,1H3,(H,22,26). The van der Waals surface area contributed by atoms with Gasteiger partial charge in [-0.3, -0.25) is 14.5 Å². The zero-order valence-corrected chi connectivity index (χ0v) is 15.6. The van der Waals surface area contributed by atoms with Crippen molar-refractivity contribution in [3.05, 3.63) is 83.4 Å². The van der Waals surface area contributed by atoms with Gasteiger partial charge in [0.05, 0.1) is 11.4 Å². The van der Waals surface area contributed by atoms with Crippen LogP contribution in [0.15, 0.2) is 72.1 Å². The predicted octanol–water partition coefficient (Wildman–Crippen LogP) is 4.16. The quantitative estimate of drug-likeness (QED) is 0.656. The zero-order valence-electron chi connectivity index (χ0n) is 14.8. The van der Waals surface area contributed by atoms with Crippen LogP contribution >= 0.6 is 11.3 Å². The predicted molar refractivity (Wildman–Crippen MR) is 109 cm³/mol. The molecule has 0 aliphatic rings. The van der Waals surface area contributed by atoms with Crippen molar-refractivity contribution in [2.75, 3.05) is 4.90 Å². The molecular weight excluding hydrogens is 358 g/mol. The zero-order chi connectivity index (χ0) is 19.1. The highest BCUT2D eigenvalue weighted by Gasteiger charge is 2.17. The van der Waals surface area contributed by atoms with Crippen molar-refractivity contribution in [3.8, 4) is 0 Å². The lowest BCUT2D eigenvalue weighted by Gasteiger charge is -2.17. The molecule has 0 radical (unpaired) electrons. The molecule has 0 fully saturated rings. The second-order valence-corrected chi connectivity index (χ2v) is 6.62. The summed E-state index contributed by atoms with van der Waals surface area (Å²) in [6.07, 6.45) is 3.09. The average Bonchev–Trinajstić information content (AvgIpc) is 3.14. The smallest absolute Gasteiger partial charge is 0.244 e. The van der Waals surface area contributed by atoms with Gasteiger partial charge in [-0.05, 0) is 23.8 Å². The van der Waals surface area contributed by atoms with E-state index in [0.717, 1.165) is 11.3 Å². The van der Waals surface area contributed by atoms with E-state index in [4.69, 9.17) is 0 Å². The third kappa shape index (κ3) is 5.12. The molecule has 2 aromatic carbocycles. The Bertz CT molecular complexity index is 936. The van der Waals surface area contributed by atoms with Crippen LogP contribution in [0.3, 0.4) is 0 Å². The van der Waals surface area contributed by atoms with Crippen molar-refractivity contribution in [2.24, 2.45) is 0 Å². The van der Waals surface area contributed by atoms with Crippen LogP contribution in [0.1, 0.15) is 18.2 Å². The fourth-order valence-electron chi connectivity index (χ4n) is 2.46. The summed E-state index contributed by atoms with van der Waals surface area (Å²) in [5.41, 5.74) is 2.43. The fourth-order valence-corrected chi connectivity index (χ4v) is 3.32. The maximum Gasteiger partial charge on any atom is 0.244 e. The van der Waals surface area contributed by atoms with Crippen LogP contribution in [-0.2, 0) is 16.1 Å². The average molecular weight is 377 g/mol. The highest BCUT2D eigenvalue weighted by molar-refractivity contribution is 7.14. The molecular formula is C21H19N3O2S. The number of nitrogens with one attached hydrogen (secondary N) is 1. The van der Waals surface area contributed by atoms with Gasteiger partial charge in [0.2, 0.25) is 11.8 Å². The van der Waals surface area contributed by atoms with Crippen LogP contribution < -0.4 is 10.2 Å². The Hall–Kier alpha value is -3.25. The van der Waals surface area contributed by atoms with E-state index in [1.807, 2.05) is 66.0 Å². The SMILES string of the molecule is CC(=O)N(c1ccccc1)c1nc(C=CC(=O)NCc2ccccc2)cs1. The molecule has 1 heterocycles. The Kier molecular flexibility index (Phi) is 6.12. The molecule has 27 heavy (non-hydrogen) atoms. The lowest BCUT2D eigenvalue weighted by atomic mass is 10.2. The van der Waals surface area contributed by atoms with E-state index >= 15 is 0 Å². The van der Waals surface area contributed by atoms with Gasteiger partial charge in [0.15, 0.2) is 5.13 Å². The number of carbonyl (C=O) groups is 2. The molecule has 0 bridgehead atoms. The molecule has 1 N–H and O–H groups in total. The lowest BCUT2D eigenvalue weighted by molar-refractivity contribution is -0.117. The Balaban J connectivity index is 1.65. The highest BCUT2D eigenvalue weighted by atomic mass is 32.1. The van der Waals surface area contributed by atoms with Crippen LogP contribution in [0.5, 0.6) is 0 Å². The van der Waals surface area contributed by atoms with Crippen molar-refractivity contribution >= 4 is 40.0 Å². The topological polar surface area (TPSA) is 62.3 Å². The van der Waals surface area contributed by atoms with Gasteiger partial charge in [-0.1, -0.05) is 48.5 Å². The van der Waals surface area contributed by atoms with Crippen LogP contribution in [0.25, 0.3) is 6.08 Å². The molecule has 1 aromatic heterocycles. The summed E-state index contributed by atoms with van der Waals surface area (Å²) in [5, 5.41) is 5.21. The molecule has 0 spiro atoms. The molecule has 3 rings (SSSR count). The number of nitrogens with zero attached hydrogens (tertiary/aromatic N) is 2. The van der Waals surface area contributed by atoms with E-state index in [9.17, 15) is 9.59 Å². The normalized spacial score (nSPS) is 10.7. The van der Waals surface area contributed by atoms with Crippen LogP contribution in [0.2, 0.25) is 0 Å². The van der Waals surface area contributed by atoms with Crippen molar-refractivity contribution in [1.29, 1.82) is 0 Å². The van der Waals surface area contributed by atoms with Gasteiger partial charge in [-0.2, -0.15) is 0 Å². The van der Waals surface area contributed by atoms with Crippen molar-refractivity contribution < 1.29 is 9.59 Å². The monoisotopic (exact) mass is 377 g/mol. The number of aromatic nitrogens is 1. The first-order valence-corrected chi connectivity index (χ1v) is 9.32. The Morgan fingerprint density at radius 1 is 1.07 bits per heavy atom. The van der Waals surface area contributed by atoms with E-state index in [1.165, 1.54) is 24.3 Å². The first kappa shape index (κ1) is 18.5. The minimum Gasteiger partial charge on any atom is -0.348 e. The summed E-state index contributed by atoms with van der Waals surface area (Å²) >= 11 is 1.35. The Morgan fingerprint density at radius 3 is 2.41 bits per heavy atom. The summed E-state index contributed by atoms with van der Waals surface area (Å²) < 4.78 is 0. The maximum atomic E-state index is 12.1. The van der Waals surface area contributed by atoms with Gasteiger partial charge < -0.3 is 5.32 Å². The highest BCUT2D eigenvalue weighted by Crippen LogP contribution is 2.28. The fraction of sp³-hybridized carbons (Fsp3) is 0.0952. The number of benzene rings is 2. The van der Waals surface area contributed by atoms with Gasteiger partial charge in [0.25, 0.3) is 0 Å². The molecule has 0 atom stereocenters. The summed E-state index contributed by atoms with van der Waals surface area (Å²) in [6.45, 7) is 1.97.